The van der Waals surface area contributed by atoms with Crippen LogP contribution >= 0.6 is 0 Å². The summed E-state index contributed by atoms with van der Waals surface area (Å²) in [6, 6.07) is 6.78. The number of hydrogen-bond donors (Lipinski definition) is 4. The van der Waals surface area contributed by atoms with E-state index in [0.29, 0.717) is 24.1 Å². The van der Waals surface area contributed by atoms with E-state index in [1.54, 1.807) is 19.2 Å². The number of phenolic OH excluding ortho intramolecular Hbond substituents is 1. The maximum atomic E-state index is 14.4. The molecular formula is C25H26F2N4O4. The summed E-state index contributed by atoms with van der Waals surface area (Å²) in [6.45, 7) is 3.58. The highest BCUT2D eigenvalue weighted by Gasteiger charge is 2.46. The molecule has 1 aliphatic heterocycles. The van der Waals surface area contributed by atoms with E-state index in [0.717, 1.165) is 18.2 Å². The molecule has 1 fully saturated rings. The Bertz CT molecular complexity index is 1220. The molecule has 0 radical (unpaired) electrons. The second-order valence-electron chi connectivity index (χ2n) is 8.53. The molecule has 8 nitrogen and oxygen atoms in total. The number of rotatable bonds is 5. The second-order valence-corrected chi connectivity index (χ2v) is 8.53. The zero-order chi connectivity index (χ0) is 25.3. The van der Waals surface area contributed by atoms with Gasteiger partial charge in [0.25, 0.3) is 5.91 Å². The molecule has 35 heavy (non-hydrogen) atoms. The average Bonchev–Trinajstić information content (AvgIpc) is 2.83. The standard InChI is InChI=1S/C25H26F2N4O4/c1-3-25(34)13(2)35-20(11-21(25)28)14-9-10-29-12-18(14)31-24(33)17-8-7-16(27)23(30-17)22-15(26)5-4-6-19(22)32/h4-10,12-13,20-21,32,34H,3,11,28H2,1-2H3,(H,31,33)/t13-,20-,21-,25-/m0/s1. The summed E-state index contributed by atoms with van der Waals surface area (Å²) < 4.78 is 34.8. The van der Waals surface area contributed by atoms with E-state index in [4.69, 9.17) is 10.5 Å². The number of phenols is 1. The van der Waals surface area contributed by atoms with E-state index < -0.39 is 58.4 Å². The number of carbonyl (C=O) groups is 1. The minimum atomic E-state index is -1.17. The van der Waals surface area contributed by atoms with Crippen molar-refractivity contribution in [1.29, 1.82) is 0 Å². The number of anilines is 1. The number of nitrogens with zero attached hydrogens (tertiary/aromatic N) is 2. The smallest absolute Gasteiger partial charge is 0.274 e. The lowest BCUT2D eigenvalue weighted by molar-refractivity contribution is -0.181. The summed E-state index contributed by atoms with van der Waals surface area (Å²) in [4.78, 5) is 21.0. The number of halogens is 2. The van der Waals surface area contributed by atoms with Gasteiger partial charge in [-0.05, 0) is 50.1 Å². The van der Waals surface area contributed by atoms with E-state index in [2.05, 4.69) is 15.3 Å². The molecule has 3 heterocycles. The van der Waals surface area contributed by atoms with Gasteiger partial charge < -0.3 is 26.0 Å². The molecule has 5 N–H and O–H groups in total. The number of nitrogens with one attached hydrogen (secondary N) is 1. The quantitative estimate of drug-likeness (QED) is 0.434. The van der Waals surface area contributed by atoms with Crippen LogP contribution in [-0.2, 0) is 4.74 Å². The molecule has 0 bridgehead atoms. The maximum absolute atomic E-state index is 14.4. The average molecular weight is 485 g/mol. The third kappa shape index (κ3) is 4.60. The summed E-state index contributed by atoms with van der Waals surface area (Å²) in [6.07, 6.45) is 2.65. The van der Waals surface area contributed by atoms with Crippen LogP contribution in [0.4, 0.5) is 14.5 Å². The van der Waals surface area contributed by atoms with Gasteiger partial charge in [-0.3, -0.25) is 9.78 Å². The Hall–Kier alpha value is -3.47. The molecule has 1 aliphatic rings. The first-order chi connectivity index (χ1) is 16.7. The minimum Gasteiger partial charge on any atom is -0.507 e. The number of aromatic hydroxyl groups is 1. The summed E-state index contributed by atoms with van der Waals surface area (Å²) in [5.41, 5.74) is 4.89. The Morgan fingerprint density at radius 2 is 2.03 bits per heavy atom. The molecule has 4 rings (SSSR count). The number of ether oxygens (including phenoxy) is 1. The van der Waals surface area contributed by atoms with Gasteiger partial charge in [0.15, 0.2) is 0 Å². The van der Waals surface area contributed by atoms with Crippen molar-refractivity contribution in [3.05, 3.63) is 71.7 Å². The predicted octanol–water partition coefficient (Wildman–Crippen LogP) is 3.70. The van der Waals surface area contributed by atoms with Crippen molar-refractivity contribution >= 4 is 11.6 Å². The molecule has 1 aromatic carbocycles. The van der Waals surface area contributed by atoms with Gasteiger partial charge in [-0.2, -0.15) is 0 Å². The third-order valence-corrected chi connectivity index (χ3v) is 6.51. The highest BCUT2D eigenvalue weighted by atomic mass is 19.1. The number of benzene rings is 1. The van der Waals surface area contributed by atoms with Crippen molar-refractivity contribution in [3.63, 3.8) is 0 Å². The lowest BCUT2D eigenvalue weighted by atomic mass is 9.80. The highest BCUT2D eigenvalue weighted by molar-refractivity contribution is 6.03. The number of hydrogen-bond acceptors (Lipinski definition) is 7. The van der Waals surface area contributed by atoms with Gasteiger partial charge in [-0.1, -0.05) is 13.0 Å². The van der Waals surface area contributed by atoms with Crippen molar-refractivity contribution in [3.8, 4) is 17.0 Å². The zero-order valence-corrected chi connectivity index (χ0v) is 19.2. The van der Waals surface area contributed by atoms with Crippen LogP contribution in [0.3, 0.4) is 0 Å². The third-order valence-electron chi connectivity index (χ3n) is 6.51. The van der Waals surface area contributed by atoms with E-state index in [-0.39, 0.29) is 5.69 Å². The molecule has 0 aliphatic carbocycles. The molecule has 4 atom stereocenters. The largest absolute Gasteiger partial charge is 0.507 e. The Labute approximate surface area is 200 Å². The normalized spacial score (nSPS) is 24.2. The number of aromatic nitrogens is 2. The molecule has 184 valence electrons. The van der Waals surface area contributed by atoms with Crippen molar-refractivity contribution in [2.24, 2.45) is 5.73 Å². The Morgan fingerprint density at radius 1 is 1.26 bits per heavy atom. The van der Waals surface area contributed by atoms with Gasteiger partial charge in [-0.25, -0.2) is 13.8 Å². The topological polar surface area (TPSA) is 131 Å². The fourth-order valence-corrected chi connectivity index (χ4v) is 4.37. The van der Waals surface area contributed by atoms with Crippen LogP contribution in [-0.4, -0.2) is 43.8 Å². The van der Waals surface area contributed by atoms with Gasteiger partial charge in [-0.15, -0.1) is 0 Å². The van der Waals surface area contributed by atoms with Gasteiger partial charge in [0.2, 0.25) is 0 Å². The van der Waals surface area contributed by atoms with Crippen molar-refractivity contribution in [2.45, 2.75) is 50.5 Å². The van der Waals surface area contributed by atoms with E-state index in [1.807, 2.05) is 6.92 Å². The van der Waals surface area contributed by atoms with Gasteiger partial charge in [0, 0.05) is 17.8 Å². The Balaban J connectivity index is 1.62. The van der Waals surface area contributed by atoms with E-state index in [9.17, 15) is 23.8 Å². The molecule has 1 amide bonds. The lowest BCUT2D eigenvalue weighted by Gasteiger charge is -2.45. The fourth-order valence-electron chi connectivity index (χ4n) is 4.37. The summed E-state index contributed by atoms with van der Waals surface area (Å²) in [5.74, 6) is -2.98. The zero-order valence-electron chi connectivity index (χ0n) is 19.2. The molecule has 0 spiro atoms. The number of carbonyl (C=O) groups excluding carboxylic acids is 1. The van der Waals surface area contributed by atoms with Gasteiger partial charge in [0.05, 0.1) is 29.7 Å². The molecule has 3 aromatic rings. The minimum absolute atomic E-state index is 0.200. The van der Waals surface area contributed by atoms with E-state index >= 15 is 0 Å². The Morgan fingerprint density at radius 3 is 2.71 bits per heavy atom. The van der Waals surface area contributed by atoms with Crippen molar-refractivity contribution in [2.75, 3.05) is 5.32 Å². The van der Waals surface area contributed by atoms with Crippen molar-refractivity contribution in [1.82, 2.24) is 9.97 Å². The number of amides is 1. The molecular weight excluding hydrogens is 458 g/mol. The van der Waals surface area contributed by atoms with Crippen LogP contribution in [0.2, 0.25) is 0 Å². The molecule has 2 aromatic heterocycles. The van der Waals surface area contributed by atoms with Gasteiger partial charge >= 0.3 is 0 Å². The second kappa shape index (κ2) is 9.65. The van der Waals surface area contributed by atoms with Crippen LogP contribution in [0.25, 0.3) is 11.3 Å². The van der Waals surface area contributed by atoms with Crippen LogP contribution in [0.5, 0.6) is 5.75 Å². The lowest BCUT2D eigenvalue weighted by Crippen LogP contribution is -2.59. The number of aliphatic hydroxyl groups is 1. The van der Waals surface area contributed by atoms with E-state index in [1.165, 1.54) is 18.3 Å². The van der Waals surface area contributed by atoms with Crippen molar-refractivity contribution < 1.29 is 28.5 Å². The summed E-state index contributed by atoms with van der Waals surface area (Å²) in [7, 11) is 0. The highest BCUT2D eigenvalue weighted by Crippen LogP contribution is 2.40. The molecule has 0 unspecified atom stereocenters. The van der Waals surface area contributed by atoms with Crippen LogP contribution in [0, 0.1) is 11.6 Å². The first-order valence-corrected chi connectivity index (χ1v) is 11.2. The van der Waals surface area contributed by atoms with Crippen LogP contribution in [0.1, 0.15) is 48.8 Å². The number of pyridine rings is 2. The summed E-state index contributed by atoms with van der Waals surface area (Å²) >= 11 is 0. The predicted molar refractivity (Wildman–Crippen MR) is 125 cm³/mol. The molecule has 1 saturated heterocycles. The maximum Gasteiger partial charge on any atom is 0.274 e. The first-order valence-electron chi connectivity index (χ1n) is 11.2. The first kappa shape index (κ1) is 24.6. The SMILES string of the molecule is CC[C@]1(O)[C@H](C)O[C@H](c2ccncc2NC(=O)c2ccc(F)c(-c3c(O)cccc3F)n2)C[C@@H]1N. The fraction of sp³-hybridized carbons (Fsp3) is 0.320. The van der Waals surface area contributed by atoms with Crippen LogP contribution < -0.4 is 11.1 Å². The Kier molecular flexibility index (Phi) is 6.79. The van der Waals surface area contributed by atoms with Crippen LogP contribution in [0.15, 0.2) is 48.8 Å². The molecule has 0 saturated carbocycles. The van der Waals surface area contributed by atoms with Gasteiger partial charge in [0.1, 0.15) is 34.4 Å². The molecule has 10 heteroatoms. The number of nitrogens with two attached hydrogens (primary N) is 1. The monoisotopic (exact) mass is 484 g/mol. The summed E-state index contributed by atoms with van der Waals surface area (Å²) in [5, 5.41) is 23.5.